The van der Waals surface area contributed by atoms with Crippen LogP contribution in [0.4, 0.5) is 0 Å². The standard InChI is InChI=1S/C25H25N7O/c1-2-15(1)19-10-27-11-20(29-19)16-3-4-18-17(9-16)24(32-31-18)21-12-28-14-23(30-21)33-22-13-26-8-7-25(22)5-6-25/h3-4,9-12,14-15,22,26H,1-2,5-8,13H2,(H,31,32)/t22-/m0/s1. The second-order valence-electron chi connectivity index (χ2n) is 9.60. The first-order chi connectivity index (χ1) is 16.3. The smallest absolute Gasteiger partial charge is 0.233 e. The average Bonchev–Trinajstić information content (AvgIpc) is 3.79. The lowest BCUT2D eigenvalue weighted by molar-refractivity contribution is 0.0844. The Hall–Kier alpha value is -3.39. The molecule has 1 saturated heterocycles. The fourth-order valence-electron chi connectivity index (χ4n) is 4.98. The minimum absolute atomic E-state index is 0.149. The summed E-state index contributed by atoms with van der Waals surface area (Å²) in [5.41, 5.74) is 5.72. The molecule has 166 valence electrons. The van der Waals surface area contributed by atoms with Crippen LogP contribution in [0.1, 0.15) is 43.7 Å². The molecule has 8 nitrogen and oxygen atoms in total. The third-order valence-corrected chi connectivity index (χ3v) is 7.33. The lowest BCUT2D eigenvalue weighted by Gasteiger charge is -2.32. The van der Waals surface area contributed by atoms with Crippen LogP contribution in [0, 0.1) is 5.41 Å². The third-order valence-electron chi connectivity index (χ3n) is 7.33. The molecular weight excluding hydrogens is 414 g/mol. The first-order valence-corrected chi connectivity index (χ1v) is 11.8. The monoisotopic (exact) mass is 439 g/mol. The zero-order chi connectivity index (χ0) is 21.8. The molecule has 1 atom stereocenters. The van der Waals surface area contributed by atoms with E-state index >= 15 is 0 Å². The molecule has 0 bridgehead atoms. The van der Waals surface area contributed by atoms with E-state index in [-0.39, 0.29) is 6.10 Å². The summed E-state index contributed by atoms with van der Waals surface area (Å²) in [7, 11) is 0. The predicted octanol–water partition coefficient (Wildman–Crippen LogP) is 3.88. The van der Waals surface area contributed by atoms with E-state index in [2.05, 4.69) is 37.6 Å². The van der Waals surface area contributed by atoms with Gasteiger partial charge in [-0.3, -0.25) is 15.1 Å². The maximum Gasteiger partial charge on any atom is 0.233 e. The Balaban J connectivity index is 1.22. The molecule has 33 heavy (non-hydrogen) atoms. The summed E-state index contributed by atoms with van der Waals surface area (Å²) in [5, 5.41) is 12.1. The molecule has 1 aliphatic heterocycles. The highest BCUT2D eigenvalue weighted by Gasteiger charge is 2.52. The summed E-state index contributed by atoms with van der Waals surface area (Å²) < 4.78 is 6.33. The third kappa shape index (κ3) is 3.45. The summed E-state index contributed by atoms with van der Waals surface area (Å²) in [4.78, 5) is 18.5. The minimum atomic E-state index is 0.149. The Morgan fingerprint density at radius 2 is 1.82 bits per heavy atom. The van der Waals surface area contributed by atoms with Gasteiger partial charge in [-0.15, -0.1) is 0 Å². The Morgan fingerprint density at radius 3 is 2.70 bits per heavy atom. The SMILES string of the molecule is c1cc2[nH]nc(-c3cncc(O[C@H]4CNCCC45CC5)n3)c2cc1-c1cncc(C2CC2)n1. The van der Waals surface area contributed by atoms with Gasteiger partial charge in [0.2, 0.25) is 5.88 Å². The van der Waals surface area contributed by atoms with Crippen molar-refractivity contribution in [2.75, 3.05) is 13.1 Å². The Kier molecular flexibility index (Phi) is 4.24. The first-order valence-electron chi connectivity index (χ1n) is 11.8. The number of hydrogen-bond acceptors (Lipinski definition) is 7. The van der Waals surface area contributed by atoms with Crippen molar-refractivity contribution in [1.29, 1.82) is 0 Å². The molecule has 1 spiro atoms. The molecule has 7 rings (SSSR count). The minimum Gasteiger partial charge on any atom is -0.471 e. The Labute approximate surface area is 191 Å². The van der Waals surface area contributed by atoms with Gasteiger partial charge in [0.25, 0.3) is 0 Å². The number of aromatic amines is 1. The van der Waals surface area contributed by atoms with E-state index in [1.165, 1.54) is 32.1 Å². The van der Waals surface area contributed by atoms with Crippen LogP contribution in [0.3, 0.4) is 0 Å². The van der Waals surface area contributed by atoms with Crippen molar-refractivity contribution >= 4 is 10.9 Å². The maximum atomic E-state index is 6.33. The van der Waals surface area contributed by atoms with Crippen LogP contribution in [0.25, 0.3) is 33.5 Å². The molecular formula is C25H25N7O. The van der Waals surface area contributed by atoms with Gasteiger partial charge in [0.15, 0.2) is 0 Å². The number of aromatic nitrogens is 6. The number of piperidine rings is 1. The van der Waals surface area contributed by atoms with Gasteiger partial charge in [-0.1, -0.05) is 6.07 Å². The number of hydrogen-bond donors (Lipinski definition) is 2. The lowest BCUT2D eigenvalue weighted by Crippen LogP contribution is -2.45. The van der Waals surface area contributed by atoms with Crippen molar-refractivity contribution in [3.63, 3.8) is 0 Å². The Morgan fingerprint density at radius 1 is 0.939 bits per heavy atom. The fourth-order valence-corrected chi connectivity index (χ4v) is 4.98. The van der Waals surface area contributed by atoms with Gasteiger partial charge in [0, 0.05) is 35.0 Å². The van der Waals surface area contributed by atoms with Crippen molar-refractivity contribution < 1.29 is 4.74 Å². The normalized spacial score (nSPS) is 21.4. The van der Waals surface area contributed by atoms with E-state index < -0.39 is 0 Å². The van der Waals surface area contributed by atoms with Crippen LogP contribution < -0.4 is 10.1 Å². The Bertz CT molecular complexity index is 1340. The number of ether oxygens (including phenoxy) is 1. The molecule has 4 aromatic rings. The highest BCUT2D eigenvalue weighted by atomic mass is 16.5. The lowest BCUT2D eigenvalue weighted by atomic mass is 9.92. The van der Waals surface area contributed by atoms with E-state index in [4.69, 9.17) is 14.7 Å². The molecule has 0 unspecified atom stereocenters. The molecule has 2 aliphatic carbocycles. The number of nitrogens with zero attached hydrogens (tertiary/aromatic N) is 5. The van der Waals surface area contributed by atoms with Gasteiger partial charge in [0.1, 0.15) is 17.5 Å². The van der Waals surface area contributed by atoms with Crippen molar-refractivity contribution in [3.05, 3.63) is 48.7 Å². The molecule has 8 heteroatoms. The predicted molar refractivity (Wildman–Crippen MR) is 124 cm³/mol. The largest absolute Gasteiger partial charge is 0.471 e. The summed E-state index contributed by atoms with van der Waals surface area (Å²) in [5.74, 6) is 1.13. The van der Waals surface area contributed by atoms with Crippen LogP contribution in [0.15, 0.2) is 43.0 Å². The zero-order valence-corrected chi connectivity index (χ0v) is 18.3. The van der Waals surface area contributed by atoms with Gasteiger partial charge >= 0.3 is 0 Å². The molecule has 2 N–H and O–H groups in total. The van der Waals surface area contributed by atoms with Crippen LogP contribution in [0.5, 0.6) is 5.88 Å². The van der Waals surface area contributed by atoms with Crippen molar-refractivity contribution in [3.8, 4) is 28.5 Å². The van der Waals surface area contributed by atoms with E-state index in [9.17, 15) is 0 Å². The summed E-state index contributed by atoms with van der Waals surface area (Å²) in [6.07, 6.45) is 13.4. The molecule has 4 heterocycles. The zero-order valence-electron chi connectivity index (χ0n) is 18.3. The van der Waals surface area contributed by atoms with E-state index in [0.717, 1.165) is 46.6 Å². The summed E-state index contributed by atoms with van der Waals surface area (Å²) in [6, 6.07) is 6.20. The molecule has 2 saturated carbocycles. The van der Waals surface area contributed by atoms with Gasteiger partial charge in [0.05, 0.1) is 35.5 Å². The van der Waals surface area contributed by atoms with E-state index in [1.807, 2.05) is 18.5 Å². The van der Waals surface area contributed by atoms with Gasteiger partial charge in [-0.05, 0) is 50.8 Å². The average molecular weight is 440 g/mol. The maximum absolute atomic E-state index is 6.33. The molecule has 1 aromatic carbocycles. The van der Waals surface area contributed by atoms with Gasteiger partial charge in [-0.2, -0.15) is 5.10 Å². The second kappa shape index (κ2) is 7.31. The molecule has 3 fully saturated rings. The summed E-state index contributed by atoms with van der Waals surface area (Å²) >= 11 is 0. The highest BCUT2D eigenvalue weighted by Crippen LogP contribution is 2.53. The van der Waals surface area contributed by atoms with Gasteiger partial charge in [-0.25, -0.2) is 9.97 Å². The van der Waals surface area contributed by atoms with Crippen LogP contribution in [-0.2, 0) is 0 Å². The van der Waals surface area contributed by atoms with Crippen molar-refractivity contribution in [2.24, 2.45) is 5.41 Å². The topological polar surface area (TPSA) is 102 Å². The van der Waals surface area contributed by atoms with Crippen LogP contribution in [-0.4, -0.2) is 49.3 Å². The van der Waals surface area contributed by atoms with Crippen molar-refractivity contribution in [2.45, 2.75) is 44.1 Å². The number of H-pyrrole nitrogens is 1. The highest BCUT2D eigenvalue weighted by molar-refractivity contribution is 5.94. The van der Waals surface area contributed by atoms with Crippen LogP contribution in [0.2, 0.25) is 0 Å². The van der Waals surface area contributed by atoms with Crippen molar-refractivity contribution in [1.82, 2.24) is 35.5 Å². The number of nitrogens with one attached hydrogen (secondary N) is 2. The molecule has 3 aliphatic rings. The molecule has 0 amide bonds. The number of benzene rings is 1. The number of rotatable bonds is 5. The van der Waals surface area contributed by atoms with Crippen LogP contribution >= 0.6 is 0 Å². The molecule has 0 radical (unpaired) electrons. The number of fused-ring (bicyclic) bond motifs is 1. The van der Waals surface area contributed by atoms with E-state index in [0.29, 0.717) is 22.9 Å². The summed E-state index contributed by atoms with van der Waals surface area (Å²) in [6.45, 7) is 1.93. The second-order valence-corrected chi connectivity index (χ2v) is 9.60. The van der Waals surface area contributed by atoms with E-state index in [1.54, 1.807) is 12.4 Å². The quantitative estimate of drug-likeness (QED) is 0.487. The fraction of sp³-hybridized carbons (Fsp3) is 0.400. The molecule has 3 aromatic heterocycles. The first kappa shape index (κ1) is 19.1. The van der Waals surface area contributed by atoms with Gasteiger partial charge < -0.3 is 10.1 Å².